The fourth-order valence-electron chi connectivity index (χ4n) is 2.52. The Hall–Kier alpha value is -0.860. The number of rotatable bonds is 5. The van der Waals surface area contributed by atoms with Gasteiger partial charge in [-0.05, 0) is 62.8 Å². The van der Waals surface area contributed by atoms with E-state index in [0.29, 0.717) is 6.10 Å². The first-order chi connectivity index (χ1) is 8.77. The van der Waals surface area contributed by atoms with Crippen molar-refractivity contribution in [3.8, 4) is 0 Å². The normalized spacial score (nSPS) is 20.0. The van der Waals surface area contributed by atoms with E-state index in [1.54, 1.807) is 0 Å². The molecule has 1 unspecified atom stereocenters. The van der Waals surface area contributed by atoms with Gasteiger partial charge < -0.3 is 10.1 Å². The highest BCUT2D eigenvalue weighted by atomic mass is 16.5. The molecule has 1 atom stereocenters. The van der Waals surface area contributed by atoms with Gasteiger partial charge >= 0.3 is 0 Å². The number of ether oxygens (including phenoxy) is 1. The minimum Gasteiger partial charge on any atom is -0.378 e. The number of nitrogens with one attached hydrogen (secondary N) is 1. The lowest BCUT2D eigenvalue weighted by Gasteiger charge is -2.22. The zero-order valence-electron chi connectivity index (χ0n) is 11.7. The van der Waals surface area contributed by atoms with Gasteiger partial charge in [0.25, 0.3) is 0 Å². The maximum atomic E-state index is 5.73. The number of hydrogen-bond acceptors (Lipinski definition) is 2. The summed E-state index contributed by atoms with van der Waals surface area (Å²) in [5.74, 6) is 0. The van der Waals surface area contributed by atoms with Crippen molar-refractivity contribution in [2.45, 2.75) is 52.2 Å². The van der Waals surface area contributed by atoms with Crippen LogP contribution in [0.3, 0.4) is 0 Å². The lowest BCUT2D eigenvalue weighted by Crippen LogP contribution is -2.25. The first kappa shape index (κ1) is 13.6. The topological polar surface area (TPSA) is 21.3 Å². The summed E-state index contributed by atoms with van der Waals surface area (Å²) in [5, 5.41) is 3.54. The standard InChI is InChI=1S/C16H25NO/c1-13-6-5-7-15(14(13)2)12-17-10-9-16-8-3-4-11-18-16/h5-7,16-17H,3-4,8-12H2,1-2H3. The third kappa shape index (κ3) is 3.82. The van der Waals surface area contributed by atoms with Crippen LogP contribution in [-0.2, 0) is 11.3 Å². The largest absolute Gasteiger partial charge is 0.378 e. The third-order valence-corrected chi connectivity index (χ3v) is 3.95. The third-order valence-electron chi connectivity index (χ3n) is 3.95. The van der Waals surface area contributed by atoms with Crippen molar-refractivity contribution >= 4 is 0 Å². The molecule has 0 radical (unpaired) electrons. The monoisotopic (exact) mass is 247 g/mol. The molecule has 0 spiro atoms. The van der Waals surface area contributed by atoms with Crippen LogP contribution in [0.1, 0.15) is 42.4 Å². The number of hydrogen-bond donors (Lipinski definition) is 1. The Bertz CT molecular complexity index is 369. The highest BCUT2D eigenvalue weighted by molar-refractivity contribution is 5.32. The molecule has 0 aliphatic carbocycles. The Morgan fingerprint density at radius 1 is 1.28 bits per heavy atom. The molecule has 18 heavy (non-hydrogen) atoms. The molecule has 2 heteroatoms. The van der Waals surface area contributed by atoms with Crippen LogP contribution in [0.25, 0.3) is 0 Å². The zero-order valence-corrected chi connectivity index (χ0v) is 11.7. The van der Waals surface area contributed by atoms with Gasteiger partial charge in [-0.25, -0.2) is 0 Å². The second-order valence-electron chi connectivity index (χ2n) is 5.31. The van der Waals surface area contributed by atoms with Gasteiger partial charge in [0.15, 0.2) is 0 Å². The van der Waals surface area contributed by atoms with Gasteiger partial charge in [-0.2, -0.15) is 0 Å². The Morgan fingerprint density at radius 3 is 2.94 bits per heavy atom. The molecule has 0 saturated carbocycles. The van der Waals surface area contributed by atoms with E-state index >= 15 is 0 Å². The van der Waals surface area contributed by atoms with E-state index in [-0.39, 0.29) is 0 Å². The Balaban J connectivity index is 1.70. The lowest BCUT2D eigenvalue weighted by atomic mass is 10.0. The number of aryl methyl sites for hydroxylation is 1. The minimum atomic E-state index is 0.491. The predicted molar refractivity (Wildman–Crippen MR) is 75.8 cm³/mol. The van der Waals surface area contributed by atoms with E-state index < -0.39 is 0 Å². The molecule has 1 aromatic carbocycles. The van der Waals surface area contributed by atoms with Gasteiger partial charge in [0, 0.05) is 13.2 Å². The summed E-state index contributed by atoms with van der Waals surface area (Å²) in [5.41, 5.74) is 4.21. The van der Waals surface area contributed by atoms with Gasteiger partial charge in [-0.15, -0.1) is 0 Å². The maximum absolute atomic E-state index is 5.73. The van der Waals surface area contributed by atoms with Crippen LogP contribution in [0, 0.1) is 13.8 Å². The summed E-state index contributed by atoms with van der Waals surface area (Å²) in [6.07, 6.45) is 5.45. The summed E-state index contributed by atoms with van der Waals surface area (Å²) in [6.45, 7) is 7.37. The number of benzene rings is 1. The zero-order chi connectivity index (χ0) is 12.8. The Labute approximate surface area is 111 Å². The molecule has 1 aromatic rings. The van der Waals surface area contributed by atoms with Crippen LogP contribution in [0.15, 0.2) is 18.2 Å². The molecule has 1 saturated heterocycles. The van der Waals surface area contributed by atoms with Crippen LogP contribution in [0.4, 0.5) is 0 Å². The predicted octanol–water partition coefficient (Wildman–Crippen LogP) is 3.35. The first-order valence-corrected chi connectivity index (χ1v) is 7.15. The highest BCUT2D eigenvalue weighted by Gasteiger charge is 2.12. The van der Waals surface area contributed by atoms with E-state index in [9.17, 15) is 0 Å². The summed E-state index contributed by atoms with van der Waals surface area (Å²) < 4.78 is 5.73. The summed E-state index contributed by atoms with van der Waals surface area (Å²) in [4.78, 5) is 0. The van der Waals surface area contributed by atoms with E-state index in [1.807, 2.05) is 0 Å². The highest BCUT2D eigenvalue weighted by Crippen LogP contribution is 2.15. The quantitative estimate of drug-likeness (QED) is 0.806. The molecule has 1 fully saturated rings. The van der Waals surface area contributed by atoms with E-state index in [4.69, 9.17) is 4.74 Å². The van der Waals surface area contributed by atoms with Crippen LogP contribution in [-0.4, -0.2) is 19.3 Å². The fourth-order valence-corrected chi connectivity index (χ4v) is 2.52. The molecule has 1 aliphatic rings. The molecule has 0 bridgehead atoms. The van der Waals surface area contributed by atoms with Crippen molar-refractivity contribution in [3.05, 3.63) is 34.9 Å². The Kier molecular flexibility index (Phi) is 5.21. The summed E-state index contributed by atoms with van der Waals surface area (Å²) in [7, 11) is 0. The van der Waals surface area contributed by atoms with Crippen molar-refractivity contribution in [2.75, 3.05) is 13.2 Å². The molecule has 0 amide bonds. The molecular weight excluding hydrogens is 222 g/mol. The molecular formula is C16H25NO. The second-order valence-corrected chi connectivity index (χ2v) is 5.31. The first-order valence-electron chi connectivity index (χ1n) is 7.15. The molecule has 1 N–H and O–H groups in total. The van der Waals surface area contributed by atoms with Gasteiger partial charge in [-0.3, -0.25) is 0 Å². The van der Waals surface area contributed by atoms with Crippen LogP contribution in [0.2, 0.25) is 0 Å². The van der Waals surface area contributed by atoms with Crippen LogP contribution in [0.5, 0.6) is 0 Å². The Morgan fingerprint density at radius 2 is 2.17 bits per heavy atom. The molecule has 2 nitrogen and oxygen atoms in total. The maximum Gasteiger partial charge on any atom is 0.0587 e. The average Bonchev–Trinajstić information content (AvgIpc) is 2.40. The van der Waals surface area contributed by atoms with Crippen molar-refractivity contribution < 1.29 is 4.74 Å². The second kappa shape index (κ2) is 6.91. The van der Waals surface area contributed by atoms with Crippen molar-refractivity contribution in [2.24, 2.45) is 0 Å². The van der Waals surface area contributed by atoms with Crippen molar-refractivity contribution in [3.63, 3.8) is 0 Å². The van der Waals surface area contributed by atoms with Crippen molar-refractivity contribution in [1.82, 2.24) is 5.32 Å². The van der Waals surface area contributed by atoms with Gasteiger partial charge in [0.05, 0.1) is 6.10 Å². The average molecular weight is 247 g/mol. The van der Waals surface area contributed by atoms with Gasteiger partial charge in [0.2, 0.25) is 0 Å². The fraction of sp³-hybridized carbons (Fsp3) is 0.625. The molecule has 1 aliphatic heterocycles. The smallest absolute Gasteiger partial charge is 0.0587 e. The molecule has 0 aromatic heterocycles. The van der Waals surface area contributed by atoms with E-state index in [0.717, 1.165) is 26.1 Å². The van der Waals surface area contributed by atoms with Crippen LogP contribution < -0.4 is 5.32 Å². The summed E-state index contributed by atoms with van der Waals surface area (Å²) in [6, 6.07) is 6.53. The molecule has 1 heterocycles. The molecule has 100 valence electrons. The van der Waals surface area contributed by atoms with E-state index in [1.165, 1.54) is 36.0 Å². The lowest BCUT2D eigenvalue weighted by molar-refractivity contribution is 0.0115. The molecule has 2 rings (SSSR count). The van der Waals surface area contributed by atoms with E-state index in [2.05, 4.69) is 37.4 Å². The van der Waals surface area contributed by atoms with Crippen LogP contribution >= 0.6 is 0 Å². The SMILES string of the molecule is Cc1cccc(CNCCC2CCCCO2)c1C. The minimum absolute atomic E-state index is 0.491. The van der Waals surface area contributed by atoms with Gasteiger partial charge in [-0.1, -0.05) is 18.2 Å². The van der Waals surface area contributed by atoms with Gasteiger partial charge in [0.1, 0.15) is 0 Å². The summed E-state index contributed by atoms with van der Waals surface area (Å²) >= 11 is 0. The van der Waals surface area contributed by atoms with Crippen molar-refractivity contribution in [1.29, 1.82) is 0 Å².